The number of hydrogen-bond donors (Lipinski definition) is 2. The molecule has 2 aliphatic heterocycles. The van der Waals surface area contributed by atoms with E-state index in [1.165, 1.54) is 37.1 Å². The minimum Gasteiger partial charge on any atom is -0.379 e. The summed E-state index contributed by atoms with van der Waals surface area (Å²) >= 11 is 0. The molecule has 0 aliphatic carbocycles. The number of benzene rings is 1. The summed E-state index contributed by atoms with van der Waals surface area (Å²) in [5.41, 5.74) is 2.69. The van der Waals surface area contributed by atoms with Crippen LogP contribution in [-0.4, -0.2) is 75.3 Å². The molecule has 7 heteroatoms. The van der Waals surface area contributed by atoms with Gasteiger partial charge >= 0.3 is 0 Å². The van der Waals surface area contributed by atoms with Crippen molar-refractivity contribution in [1.82, 2.24) is 20.4 Å². The molecule has 1 aromatic carbocycles. The van der Waals surface area contributed by atoms with Crippen molar-refractivity contribution in [2.24, 2.45) is 10.9 Å². The van der Waals surface area contributed by atoms with Crippen LogP contribution in [0.15, 0.2) is 29.3 Å². The third-order valence-electron chi connectivity index (χ3n) is 5.68. The van der Waals surface area contributed by atoms with Gasteiger partial charge in [0.15, 0.2) is 5.96 Å². The number of likely N-dealkylation sites (tertiary alicyclic amines) is 1. The number of hydrogen-bond acceptors (Lipinski definition) is 4. The van der Waals surface area contributed by atoms with Crippen molar-refractivity contribution in [3.63, 3.8) is 0 Å². The first kappa shape index (κ1) is 24.4. The van der Waals surface area contributed by atoms with Crippen LogP contribution in [0, 0.1) is 5.92 Å². The molecule has 29 heavy (non-hydrogen) atoms. The molecule has 1 atom stereocenters. The van der Waals surface area contributed by atoms with E-state index in [2.05, 4.69) is 56.6 Å². The quantitative estimate of drug-likeness (QED) is 0.332. The highest BCUT2D eigenvalue weighted by atomic mass is 127. The van der Waals surface area contributed by atoms with E-state index in [-0.39, 0.29) is 24.0 Å². The third-order valence-corrected chi connectivity index (χ3v) is 5.68. The predicted octanol–water partition coefficient (Wildman–Crippen LogP) is 2.53. The SMILES string of the molecule is CN=C(NCCN1CCOCC1)NCc1ccc(CN2CCCC(C)C2)cc1.I. The van der Waals surface area contributed by atoms with Gasteiger partial charge in [0.05, 0.1) is 13.2 Å². The average Bonchev–Trinajstić information content (AvgIpc) is 2.72. The fourth-order valence-corrected chi connectivity index (χ4v) is 4.01. The van der Waals surface area contributed by atoms with Gasteiger partial charge in [0.1, 0.15) is 0 Å². The molecule has 1 aromatic rings. The Balaban J connectivity index is 0.00000300. The monoisotopic (exact) mass is 515 g/mol. The Kier molecular flexibility index (Phi) is 11.3. The van der Waals surface area contributed by atoms with Gasteiger partial charge < -0.3 is 15.4 Å². The lowest BCUT2D eigenvalue weighted by Gasteiger charge is -2.30. The van der Waals surface area contributed by atoms with Gasteiger partial charge in [0, 0.05) is 52.9 Å². The maximum Gasteiger partial charge on any atom is 0.191 e. The minimum atomic E-state index is 0. The van der Waals surface area contributed by atoms with Crippen molar-refractivity contribution in [3.8, 4) is 0 Å². The largest absolute Gasteiger partial charge is 0.379 e. The Morgan fingerprint density at radius 3 is 2.48 bits per heavy atom. The molecule has 0 spiro atoms. The zero-order valence-electron chi connectivity index (χ0n) is 18.0. The molecule has 1 unspecified atom stereocenters. The van der Waals surface area contributed by atoms with Gasteiger partial charge in [0.2, 0.25) is 0 Å². The molecule has 164 valence electrons. The van der Waals surface area contributed by atoms with Crippen LogP contribution in [0.3, 0.4) is 0 Å². The van der Waals surface area contributed by atoms with E-state index in [9.17, 15) is 0 Å². The highest BCUT2D eigenvalue weighted by Crippen LogP contribution is 2.18. The number of morpholine rings is 1. The molecule has 2 saturated heterocycles. The topological polar surface area (TPSA) is 52.1 Å². The van der Waals surface area contributed by atoms with Crippen LogP contribution in [0.2, 0.25) is 0 Å². The number of halogens is 1. The van der Waals surface area contributed by atoms with Gasteiger partial charge in [0.25, 0.3) is 0 Å². The van der Waals surface area contributed by atoms with Crippen LogP contribution in [0.5, 0.6) is 0 Å². The Morgan fingerprint density at radius 1 is 1.07 bits per heavy atom. The minimum absolute atomic E-state index is 0. The maximum atomic E-state index is 5.39. The van der Waals surface area contributed by atoms with Gasteiger partial charge in [-0.2, -0.15) is 0 Å². The number of nitrogens with zero attached hydrogens (tertiary/aromatic N) is 3. The number of piperidine rings is 1. The highest BCUT2D eigenvalue weighted by Gasteiger charge is 2.16. The lowest BCUT2D eigenvalue weighted by molar-refractivity contribution is 0.0389. The second kappa shape index (κ2) is 13.4. The summed E-state index contributed by atoms with van der Waals surface area (Å²) in [6, 6.07) is 9.00. The first-order chi connectivity index (χ1) is 13.7. The number of nitrogens with one attached hydrogen (secondary N) is 2. The van der Waals surface area contributed by atoms with Crippen LogP contribution in [-0.2, 0) is 17.8 Å². The number of ether oxygens (including phenoxy) is 1. The molecule has 2 heterocycles. The second-order valence-electron chi connectivity index (χ2n) is 8.11. The Labute approximate surface area is 193 Å². The van der Waals surface area contributed by atoms with Gasteiger partial charge in [-0.3, -0.25) is 14.8 Å². The summed E-state index contributed by atoms with van der Waals surface area (Å²) in [7, 11) is 1.83. The standard InChI is InChI=1S/C22H37N5O.HI/c1-19-4-3-10-27(17-19)18-21-7-5-20(6-8-21)16-25-22(23-2)24-9-11-26-12-14-28-15-13-26;/h5-8,19H,3-4,9-18H2,1-2H3,(H2,23,24,25);1H. The summed E-state index contributed by atoms with van der Waals surface area (Å²) < 4.78 is 5.39. The third kappa shape index (κ3) is 8.78. The number of guanidine groups is 1. The molecule has 0 aromatic heterocycles. The second-order valence-corrected chi connectivity index (χ2v) is 8.11. The number of rotatable bonds is 7. The van der Waals surface area contributed by atoms with E-state index >= 15 is 0 Å². The first-order valence-corrected chi connectivity index (χ1v) is 10.8. The summed E-state index contributed by atoms with van der Waals surface area (Å²) in [4.78, 5) is 9.34. The zero-order valence-corrected chi connectivity index (χ0v) is 20.4. The van der Waals surface area contributed by atoms with E-state index in [0.29, 0.717) is 0 Å². The summed E-state index contributed by atoms with van der Waals surface area (Å²) in [5, 5.41) is 6.82. The molecule has 2 aliphatic rings. The highest BCUT2D eigenvalue weighted by molar-refractivity contribution is 14.0. The van der Waals surface area contributed by atoms with E-state index in [1.54, 1.807) is 0 Å². The van der Waals surface area contributed by atoms with Crippen LogP contribution < -0.4 is 10.6 Å². The summed E-state index contributed by atoms with van der Waals surface area (Å²) in [6.45, 7) is 12.4. The molecule has 2 N–H and O–H groups in total. The van der Waals surface area contributed by atoms with Crippen LogP contribution in [0.25, 0.3) is 0 Å². The van der Waals surface area contributed by atoms with Crippen LogP contribution >= 0.6 is 24.0 Å². The van der Waals surface area contributed by atoms with Gasteiger partial charge in [-0.1, -0.05) is 31.2 Å². The zero-order chi connectivity index (χ0) is 19.6. The normalized spacial score (nSPS) is 21.4. The Bertz CT molecular complexity index is 604. The fourth-order valence-electron chi connectivity index (χ4n) is 4.01. The average molecular weight is 515 g/mol. The molecule has 0 saturated carbocycles. The van der Waals surface area contributed by atoms with E-state index in [0.717, 1.165) is 64.4 Å². The van der Waals surface area contributed by atoms with Crippen molar-refractivity contribution in [3.05, 3.63) is 35.4 Å². The van der Waals surface area contributed by atoms with E-state index in [4.69, 9.17) is 4.74 Å². The molecule has 0 bridgehead atoms. The lowest BCUT2D eigenvalue weighted by atomic mass is 9.99. The van der Waals surface area contributed by atoms with Crippen LogP contribution in [0.1, 0.15) is 30.9 Å². The van der Waals surface area contributed by atoms with Crippen LogP contribution in [0.4, 0.5) is 0 Å². The van der Waals surface area contributed by atoms with Gasteiger partial charge in [-0.25, -0.2) is 0 Å². The van der Waals surface area contributed by atoms with Crippen molar-refractivity contribution >= 4 is 29.9 Å². The summed E-state index contributed by atoms with van der Waals surface area (Å²) in [5.74, 6) is 1.69. The molecule has 0 radical (unpaired) electrons. The summed E-state index contributed by atoms with van der Waals surface area (Å²) in [6.07, 6.45) is 2.71. The maximum absolute atomic E-state index is 5.39. The molecule has 2 fully saturated rings. The van der Waals surface area contributed by atoms with Crippen molar-refractivity contribution < 1.29 is 4.74 Å². The lowest BCUT2D eigenvalue weighted by Crippen LogP contribution is -2.44. The molecule has 6 nitrogen and oxygen atoms in total. The first-order valence-electron chi connectivity index (χ1n) is 10.8. The van der Waals surface area contributed by atoms with Crippen molar-refractivity contribution in [2.75, 3.05) is 59.5 Å². The molecular formula is C22H38IN5O. The number of aliphatic imine (C=N–C) groups is 1. The van der Waals surface area contributed by atoms with Gasteiger partial charge in [-0.15, -0.1) is 24.0 Å². The van der Waals surface area contributed by atoms with E-state index < -0.39 is 0 Å². The Morgan fingerprint density at radius 2 is 1.79 bits per heavy atom. The van der Waals surface area contributed by atoms with E-state index in [1.807, 2.05) is 7.05 Å². The van der Waals surface area contributed by atoms with Crippen molar-refractivity contribution in [2.45, 2.75) is 32.9 Å². The fraction of sp³-hybridized carbons (Fsp3) is 0.682. The Hall–Kier alpha value is -0.900. The van der Waals surface area contributed by atoms with Gasteiger partial charge in [-0.05, 0) is 36.4 Å². The predicted molar refractivity (Wildman–Crippen MR) is 131 cm³/mol. The smallest absolute Gasteiger partial charge is 0.191 e. The molecule has 0 amide bonds. The molecular weight excluding hydrogens is 477 g/mol. The molecule has 3 rings (SSSR count). The van der Waals surface area contributed by atoms with Crippen molar-refractivity contribution in [1.29, 1.82) is 0 Å².